The van der Waals surface area contributed by atoms with Gasteiger partial charge in [-0.1, -0.05) is 43.0 Å². The van der Waals surface area contributed by atoms with Gasteiger partial charge < -0.3 is 15.0 Å². The summed E-state index contributed by atoms with van der Waals surface area (Å²) in [4.78, 5) is 30.3. The van der Waals surface area contributed by atoms with Crippen LogP contribution in [0.4, 0.5) is 5.69 Å². The van der Waals surface area contributed by atoms with Crippen LogP contribution < -0.4 is 10.2 Å². The van der Waals surface area contributed by atoms with Gasteiger partial charge in [0.05, 0.1) is 0 Å². The van der Waals surface area contributed by atoms with Crippen molar-refractivity contribution >= 4 is 29.1 Å². The predicted octanol–water partition coefficient (Wildman–Crippen LogP) is 5.61. The molecule has 37 heavy (non-hydrogen) atoms. The molecule has 7 heteroatoms. The van der Waals surface area contributed by atoms with Crippen molar-refractivity contribution in [3.05, 3.63) is 64.2 Å². The Morgan fingerprint density at radius 3 is 2.41 bits per heavy atom. The first-order valence-electron chi connectivity index (χ1n) is 13.8. The predicted molar refractivity (Wildman–Crippen MR) is 149 cm³/mol. The highest BCUT2D eigenvalue weighted by Crippen LogP contribution is 2.28. The van der Waals surface area contributed by atoms with Crippen molar-refractivity contribution in [3.8, 4) is 0 Å². The summed E-state index contributed by atoms with van der Waals surface area (Å²) < 4.78 is 5.63. The molecule has 0 spiro atoms. The van der Waals surface area contributed by atoms with Gasteiger partial charge >= 0.3 is 0 Å². The van der Waals surface area contributed by atoms with E-state index >= 15 is 0 Å². The van der Waals surface area contributed by atoms with Crippen LogP contribution in [0, 0.1) is 0 Å². The lowest BCUT2D eigenvalue weighted by atomic mass is 10.0. The Balaban J connectivity index is 1.55. The van der Waals surface area contributed by atoms with E-state index in [9.17, 15) is 9.59 Å². The molecular weight excluding hydrogens is 486 g/mol. The van der Waals surface area contributed by atoms with Crippen LogP contribution in [0.1, 0.15) is 73.4 Å². The SMILES string of the molecule is CC(=O)N1CCCCCCCN(C2CCOCC2)Cc2cc(C(=O)NCCc3ccc(Cl)cc3)ccc21. The quantitative estimate of drug-likeness (QED) is 0.551. The highest BCUT2D eigenvalue weighted by Gasteiger charge is 2.25. The normalized spacial score (nSPS) is 18.4. The molecule has 6 nitrogen and oxygen atoms in total. The second-order valence-corrected chi connectivity index (χ2v) is 10.7. The maximum atomic E-state index is 13.1. The molecule has 0 radical (unpaired) electrons. The minimum Gasteiger partial charge on any atom is -0.381 e. The Labute approximate surface area is 226 Å². The van der Waals surface area contributed by atoms with Gasteiger partial charge in [-0.2, -0.15) is 0 Å². The van der Waals surface area contributed by atoms with Crippen molar-refractivity contribution in [2.45, 2.75) is 70.9 Å². The molecule has 2 aromatic carbocycles. The minimum atomic E-state index is -0.0881. The number of anilines is 1. The topological polar surface area (TPSA) is 61.9 Å². The van der Waals surface area contributed by atoms with E-state index in [1.165, 1.54) is 19.3 Å². The molecule has 0 aromatic heterocycles. The van der Waals surface area contributed by atoms with Gasteiger partial charge in [-0.05, 0) is 80.1 Å². The number of ether oxygens (including phenoxy) is 1. The molecular formula is C30H40ClN3O3. The summed E-state index contributed by atoms with van der Waals surface area (Å²) in [5.74, 6) is -0.0361. The van der Waals surface area contributed by atoms with E-state index in [1.807, 2.05) is 47.4 Å². The Bertz CT molecular complexity index is 1040. The van der Waals surface area contributed by atoms with Crippen LogP contribution in [0.3, 0.4) is 0 Å². The molecule has 2 heterocycles. The van der Waals surface area contributed by atoms with Crippen LogP contribution in [0.15, 0.2) is 42.5 Å². The van der Waals surface area contributed by atoms with Gasteiger partial charge in [-0.15, -0.1) is 0 Å². The fourth-order valence-electron chi connectivity index (χ4n) is 5.41. The van der Waals surface area contributed by atoms with Crippen molar-refractivity contribution < 1.29 is 14.3 Å². The molecule has 2 aliphatic rings. The third kappa shape index (κ3) is 8.03. The summed E-state index contributed by atoms with van der Waals surface area (Å²) in [7, 11) is 0. The van der Waals surface area contributed by atoms with E-state index in [-0.39, 0.29) is 11.8 Å². The standard InChI is InChI=1S/C30H40ClN3O3/c1-23(35)34-18-6-4-2-3-5-17-33(28-14-19-37-20-15-28)22-26-21-25(9-12-29(26)34)30(36)32-16-13-24-7-10-27(31)11-8-24/h7-12,21,28H,2-6,13-20,22H2,1H3,(H,32,36). The largest absolute Gasteiger partial charge is 0.381 e. The highest BCUT2D eigenvalue weighted by molar-refractivity contribution is 6.30. The summed E-state index contributed by atoms with van der Waals surface area (Å²) >= 11 is 5.98. The van der Waals surface area contributed by atoms with Crippen LogP contribution in [0.2, 0.25) is 5.02 Å². The fourth-order valence-corrected chi connectivity index (χ4v) is 5.54. The first-order valence-corrected chi connectivity index (χ1v) is 14.1. The van der Waals surface area contributed by atoms with Crippen LogP contribution >= 0.6 is 11.6 Å². The number of carbonyl (C=O) groups is 2. The van der Waals surface area contributed by atoms with Gasteiger partial charge in [0.2, 0.25) is 5.91 Å². The first kappa shape index (κ1) is 27.6. The van der Waals surface area contributed by atoms with Crippen molar-refractivity contribution in [2.75, 3.05) is 37.7 Å². The number of hydrogen-bond acceptors (Lipinski definition) is 4. The van der Waals surface area contributed by atoms with Crippen LogP contribution in [0.5, 0.6) is 0 Å². The third-order valence-electron chi connectivity index (χ3n) is 7.53. The second-order valence-electron chi connectivity index (χ2n) is 10.2. The summed E-state index contributed by atoms with van der Waals surface area (Å²) in [6, 6.07) is 14.0. The molecule has 0 atom stereocenters. The van der Waals surface area contributed by atoms with Crippen LogP contribution in [0.25, 0.3) is 0 Å². The van der Waals surface area contributed by atoms with E-state index in [2.05, 4.69) is 10.2 Å². The second kappa shape index (κ2) is 13.9. The lowest BCUT2D eigenvalue weighted by Crippen LogP contribution is -2.40. The monoisotopic (exact) mass is 525 g/mol. The molecule has 0 saturated carbocycles. The molecule has 2 aromatic rings. The maximum Gasteiger partial charge on any atom is 0.251 e. The Morgan fingerprint density at radius 1 is 0.973 bits per heavy atom. The molecule has 1 saturated heterocycles. The molecule has 2 aliphatic heterocycles. The summed E-state index contributed by atoms with van der Waals surface area (Å²) in [6.45, 7) is 6.26. The minimum absolute atomic E-state index is 0.0519. The number of nitrogens with zero attached hydrogens (tertiary/aromatic N) is 2. The van der Waals surface area contributed by atoms with Crippen LogP contribution in [-0.2, 0) is 22.5 Å². The lowest BCUT2D eigenvalue weighted by molar-refractivity contribution is -0.116. The van der Waals surface area contributed by atoms with E-state index in [0.717, 1.165) is 75.2 Å². The maximum absolute atomic E-state index is 13.1. The van der Waals surface area contributed by atoms with Crippen molar-refractivity contribution in [3.63, 3.8) is 0 Å². The lowest BCUT2D eigenvalue weighted by Gasteiger charge is -2.36. The molecule has 0 unspecified atom stereocenters. The average Bonchev–Trinajstić information content (AvgIpc) is 2.90. The van der Waals surface area contributed by atoms with E-state index in [0.29, 0.717) is 29.7 Å². The van der Waals surface area contributed by atoms with Gasteiger partial charge in [0.15, 0.2) is 0 Å². The summed E-state index contributed by atoms with van der Waals surface area (Å²) in [5, 5.41) is 3.77. The summed E-state index contributed by atoms with van der Waals surface area (Å²) in [6.07, 6.45) is 8.50. The third-order valence-corrected chi connectivity index (χ3v) is 7.78. The molecule has 0 aliphatic carbocycles. The number of fused-ring (bicyclic) bond motifs is 1. The molecule has 4 rings (SSSR count). The summed E-state index contributed by atoms with van der Waals surface area (Å²) in [5.41, 5.74) is 3.75. The van der Waals surface area contributed by atoms with E-state index < -0.39 is 0 Å². The molecule has 200 valence electrons. The molecule has 1 N–H and O–H groups in total. The zero-order valence-electron chi connectivity index (χ0n) is 22.0. The van der Waals surface area contributed by atoms with Gasteiger partial charge in [0.25, 0.3) is 5.91 Å². The highest BCUT2D eigenvalue weighted by atomic mass is 35.5. The number of hydrogen-bond donors (Lipinski definition) is 1. The number of rotatable bonds is 5. The number of benzene rings is 2. The average molecular weight is 526 g/mol. The Morgan fingerprint density at radius 2 is 1.68 bits per heavy atom. The number of nitrogens with one attached hydrogen (secondary N) is 1. The molecule has 2 amide bonds. The van der Waals surface area contributed by atoms with Crippen molar-refractivity contribution in [1.29, 1.82) is 0 Å². The smallest absolute Gasteiger partial charge is 0.251 e. The van der Waals surface area contributed by atoms with E-state index in [4.69, 9.17) is 16.3 Å². The van der Waals surface area contributed by atoms with Gasteiger partial charge in [0.1, 0.15) is 0 Å². The van der Waals surface area contributed by atoms with E-state index in [1.54, 1.807) is 6.92 Å². The first-order chi connectivity index (χ1) is 18.0. The van der Waals surface area contributed by atoms with Gasteiger partial charge in [-0.3, -0.25) is 14.5 Å². The van der Waals surface area contributed by atoms with Gasteiger partial charge in [-0.25, -0.2) is 0 Å². The number of amides is 2. The van der Waals surface area contributed by atoms with Crippen molar-refractivity contribution in [1.82, 2.24) is 10.2 Å². The Hall–Kier alpha value is -2.41. The number of halogens is 1. The molecule has 0 bridgehead atoms. The van der Waals surface area contributed by atoms with Gasteiger partial charge in [0, 0.05) is 62.1 Å². The zero-order chi connectivity index (χ0) is 26.0. The Kier molecular flexibility index (Phi) is 10.4. The molecule has 1 fully saturated rings. The zero-order valence-corrected chi connectivity index (χ0v) is 22.8. The number of carbonyl (C=O) groups excluding carboxylic acids is 2. The fraction of sp³-hybridized carbons (Fsp3) is 0.533. The van der Waals surface area contributed by atoms with Crippen LogP contribution in [-0.4, -0.2) is 55.6 Å². The van der Waals surface area contributed by atoms with Crippen molar-refractivity contribution in [2.24, 2.45) is 0 Å².